The number of rotatable bonds is 2. The summed E-state index contributed by atoms with van der Waals surface area (Å²) in [5.41, 5.74) is 0.0781. The molecule has 14 heavy (non-hydrogen) atoms. The second kappa shape index (κ2) is 4.50. The van der Waals surface area contributed by atoms with E-state index in [-0.39, 0.29) is 15.6 Å². The Labute approximate surface area is 87.3 Å². The molecule has 0 radical (unpaired) electrons. The van der Waals surface area contributed by atoms with Crippen molar-refractivity contribution in [2.24, 2.45) is 0 Å². The van der Waals surface area contributed by atoms with E-state index in [4.69, 9.17) is 16.2 Å². The van der Waals surface area contributed by atoms with Gasteiger partial charge in [-0.15, -0.1) is 0 Å². The topological polar surface area (TPSA) is 76.5 Å². The number of hydrogen-bond acceptors (Lipinski definition) is 4. The maximum Gasteiger partial charge on any atom is 0.339 e. The largest absolute Gasteiger partial charge is 0.465 e. The fourth-order valence-corrected chi connectivity index (χ4v) is 1.51. The quantitative estimate of drug-likeness (QED) is 0.472. The molecule has 0 amide bonds. The van der Waals surface area contributed by atoms with Gasteiger partial charge in [0.15, 0.2) is 11.1 Å². The van der Waals surface area contributed by atoms with Gasteiger partial charge in [0.1, 0.15) is 10.0 Å². The maximum absolute atomic E-state index is 11.0. The van der Waals surface area contributed by atoms with Gasteiger partial charge in [-0.05, 0) is 6.07 Å². The molecular weight excluding hydrogens is 230 g/mol. The smallest absolute Gasteiger partial charge is 0.339 e. The number of carbonyl (C=O) groups is 1. The minimum Gasteiger partial charge on any atom is -0.465 e. The number of aromatic nitrogens is 1. The van der Waals surface area contributed by atoms with Crippen LogP contribution < -0.4 is 0 Å². The first-order chi connectivity index (χ1) is 6.56. The monoisotopic (exact) mass is 235 g/mol. The molecule has 1 atom stereocenters. The molecule has 0 bridgehead atoms. The predicted molar refractivity (Wildman–Crippen MR) is 49.6 cm³/mol. The van der Waals surface area contributed by atoms with Gasteiger partial charge >= 0.3 is 5.97 Å². The highest BCUT2D eigenvalue weighted by atomic mass is 35.5. The Hall–Kier alpha value is -0.980. The summed E-state index contributed by atoms with van der Waals surface area (Å²) in [5, 5.41) is -0.113. The van der Waals surface area contributed by atoms with Crippen molar-refractivity contribution in [3.63, 3.8) is 0 Å². The molecule has 0 aromatic carbocycles. The van der Waals surface area contributed by atoms with E-state index in [0.29, 0.717) is 0 Å². The molecule has 0 saturated heterocycles. The van der Waals surface area contributed by atoms with Crippen molar-refractivity contribution in [1.82, 2.24) is 4.98 Å². The Balaban J connectivity index is 3.19. The Morgan fingerprint density at radius 2 is 2.36 bits per heavy atom. The third-order valence-corrected chi connectivity index (χ3v) is 2.52. The predicted octanol–water partition coefficient (Wildman–Crippen LogP) is 1.10. The second-order valence-corrected chi connectivity index (χ2v) is 3.55. The van der Waals surface area contributed by atoms with Crippen molar-refractivity contribution in [3.8, 4) is 0 Å². The van der Waals surface area contributed by atoms with E-state index in [0.717, 1.165) is 6.07 Å². The number of halogens is 1. The molecule has 1 rings (SSSR count). The Morgan fingerprint density at radius 1 is 1.71 bits per heavy atom. The first kappa shape index (κ1) is 11.1. The lowest BCUT2D eigenvalue weighted by Crippen LogP contribution is -2.04. The molecule has 1 aromatic heterocycles. The zero-order chi connectivity index (χ0) is 10.7. The van der Waals surface area contributed by atoms with Gasteiger partial charge in [-0.2, -0.15) is 0 Å². The average molecular weight is 236 g/mol. The van der Waals surface area contributed by atoms with Gasteiger partial charge in [0.25, 0.3) is 0 Å². The van der Waals surface area contributed by atoms with Crippen LogP contribution in [0, 0.1) is 0 Å². The van der Waals surface area contributed by atoms with E-state index in [9.17, 15) is 9.00 Å². The molecule has 0 aliphatic rings. The third kappa shape index (κ3) is 2.28. The van der Waals surface area contributed by atoms with Crippen molar-refractivity contribution in [3.05, 3.63) is 23.0 Å². The van der Waals surface area contributed by atoms with Crippen molar-refractivity contribution in [1.29, 1.82) is 0 Å². The van der Waals surface area contributed by atoms with Gasteiger partial charge < -0.3 is 9.29 Å². The van der Waals surface area contributed by atoms with E-state index in [1.165, 1.54) is 13.3 Å². The molecule has 0 aliphatic carbocycles. The second-order valence-electron chi connectivity index (χ2n) is 2.25. The summed E-state index contributed by atoms with van der Waals surface area (Å²) in [6.45, 7) is 0. The van der Waals surface area contributed by atoms with E-state index in [1.807, 2.05) is 0 Å². The molecule has 0 spiro atoms. The fourth-order valence-electron chi connectivity index (χ4n) is 0.780. The van der Waals surface area contributed by atoms with Crippen LogP contribution >= 0.6 is 11.6 Å². The van der Waals surface area contributed by atoms with Crippen LogP contribution in [-0.4, -0.2) is 26.8 Å². The van der Waals surface area contributed by atoms with E-state index in [1.54, 1.807) is 0 Å². The van der Waals surface area contributed by atoms with Crippen LogP contribution in [-0.2, 0) is 15.8 Å². The van der Waals surface area contributed by atoms with Crippen LogP contribution in [0.3, 0.4) is 0 Å². The molecule has 1 N–H and O–H groups in total. The minimum atomic E-state index is -2.27. The number of carbonyl (C=O) groups excluding carboxylic acids is 1. The van der Waals surface area contributed by atoms with Gasteiger partial charge in [0.05, 0.1) is 12.7 Å². The summed E-state index contributed by atoms with van der Waals surface area (Å²) in [6, 6.07) is 1.16. The molecule has 1 unspecified atom stereocenters. The summed E-state index contributed by atoms with van der Waals surface area (Å²) in [6.07, 6.45) is 1.17. The Bertz CT molecular complexity index is 395. The van der Waals surface area contributed by atoms with Crippen molar-refractivity contribution in [2.75, 3.05) is 7.11 Å². The highest BCUT2D eigenvalue weighted by Crippen LogP contribution is 2.17. The lowest BCUT2D eigenvalue weighted by atomic mass is 10.3. The van der Waals surface area contributed by atoms with E-state index in [2.05, 4.69) is 9.72 Å². The van der Waals surface area contributed by atoms with Gasteiger partial charge in [0.2, 0.25) is 0 Å². The normalized spacial score (nSPS) is 12.2. The first-order valence-electron chi connectivity index (χ1n) is 3.41. The molecule has 5 nitrogen and oxygen atoms in total. The average Bonchev–Trinajstić information content (AvgIpc) is 2.17. The molecule has 0 saturated carbocycles. The van der Waals surface area contributed by atoms with Crippen molar-refractivity contribution in [2.45, 2.75) is 4.90 Å². The maximum atomic E-state index is 11.0. The molecule has 1 aromatic rings. The molecule has 0 fully saturated rings. The highest BCUT2D eigenvalue weighted by molar-refractivity contribution is 7.79. The molecular formula is C7H6ClNO4S. The van der Waals surface area contributed by atoms with Crippen LogP contribution in [0.15, 0.2) is 17.2 Å². The number of esters is 1. The molecule has 1 heterocycles. The summed E-state index contributed by atoms with van der Waals surface area (Å²) in [5.74, 6) is -0.638. The zero-order valence-corrected chi connectivity index (χ0v) is 8.63. The van der Waals surface area contributed by atoms with Crippen LogP contribution in [0.5, 0.6) is 0 Å². The lowest BCUT2D eigenvalue weighted by molar-refractivity contribution is 0.0600. The van der Waals surface area contributed by atoms with Crippen LogP contribution in [0.2, 0.25) is 5.15 Å². The fraction of sp³-hybridized carbons (Fsp3) is 0.143. The highest BCUT2D eigenvalue weighted by Gasteiger charge is 2.13. The van der Waals surface area contributed by atoms with Crippen LogP contribution in [0.25, 0.3) is 0 Å². The molecule has 7 heteroatoms. The standard InChI is InChI=1S/C7H6ClNO4S/c1-13-7(10)4-2-5(14(11)12)6(8)9-3-4/h2-3H,1H3,(H,11,12). The Kier molecular flexibility index (Phi) is 3.56. The zero-order valence-electron chi connectivity index (χ0n) is 7.06. The number of methoxy groups -OCH3 is 1. The summed E-state index contributed by atoms with van der Waals surface area (Å²) < 4.78 is 23.9. The Morgan fingerprint density at radius 3 is 2.86 bits per heavy atom. The van der Waals surface area contributed by atoms with Crippen molar-refractivity contribution >= 4 is 28.7 Å². The van der Waals surface area contributed by atoms with Gasteiger partial charge in [-0.3, -0.25) is 0 Å². The van der Waals surface area contributed by atoms with Gasteiger partial charge in [0, 0.05) is 6.20 Å². The van der Waals surface area contributed by atoms with Crippen LogP contribution in [0.1, 0.15) is 10.4 Å². The number of hydrogen-bond donors (Lipinski definition) is 1. The molecule has 76 valence electrons. The number of pyridine rings is 1. The molecule has 0 aliphatic heterocycles. The summed E-state index contributed by atoms with van der Waals surface area (Å²) >= 11 is 3.25. The lowest BCUT2D eigenvalue weighted by Gasteiger charge is -2.01. The third-order valence-electron chi connectivity index (χ3n) is 1.42. The number of nitrogens with zero attached hydrogens (tertiary/aromatic N) is 1. The van der Waals surface area contributed by atoms with Crippen molar-refractivity contribution < 1.29 is 18.3 Å². The summed E-state index contributed by atoms with van der Waals surface area (Å²) in [4.78, 5) is 14.5. The summed E-state index contributed by atoms with van der Waals surface area (Å²) in [7, 11) is 1.20. The van der Waals surface area contributed by atoms with Gasteiger partial charge in [-0.1, -0.05) is 11.6 Å². The minimum absolute atomic E-state index is 0.0781. The number of ether oxygens (including phenoxy) is 1. The van der Waals surface area contributed by atoms with E-state index >= 15 is 0 Å². The SMILES string of the molecule is COC(=O)c1cnc(Cl)c(S(=O)O)c1. The van der Waals surface area contributed by atoms with E-state index < -0.39 is 17.0 Å². The first-order valence-corrected chi connectivity index (χ1v) is 4.89. The van der Waals surface area contributed by atoms with Gasteiger partial charge in [-0.25, -0.2) is 14.0 Å². The van der Waals surface area contributed by atoms with Crippen LogP contribution in [0.4, 0.5) is 0 Å².